The second-order valence-corrected chi connectivity index (χ2v) is 4.16. The molecule has 0 aliphatic rings. The Hall–Kier alpha value is -1.26. The first-order chi connectivity index (χ1) is 8.04. The zero-order valence-electron chi connectivity index (χ0n) is 11.0. The first-order valence-corrected chi connectivity index (χ1v) is 6.32. The van der Waals surface area contributed by atoms with Gasteiger partial charge in [-0.15, -0.1) is 0 Å². The third-order valence-electron chi connectivity index (χ3n) is 2.56. The van der Waals surface area contributed by atoms with Gasteiger partial charge in [0.15, 0.2) is 0 Å². The van der Waals surface area contributed by atoms with E-state index in [9.17, 15) is 9.59 Å². The highest BCUT2D eigenvalue weighted by Gasteiger charge is 2.18. The molecule has 1 atom stereocenters. The Bertz CT molecular complexity index is 244. The average Bonchev–Trinajstić information content (AvgIpc) is 2.27. The molecule has 0 radical (unpaired) electrons. The Morgan fingerprint density at radius 3 is 2.29 bits per heavy atom. The standard InChI is InChI=1S/C12H24N2O3/c1-4-7-10(6-3)13-12(17)14(8-5-2)9-11(15)16/h10H,4-9H2,1-3H3,(H,13,17)(H,15,16). The molecule has 0 heterocycles. The van der Waals surface area contributed by atoms with Gasteiger partial charge in [-0.3, -0.25) is 4.79 Å². The summed E-state index contributed by atoms with van der Waals surface area (Å²) in [5, 5.41) is 11.6. The van der Waals surface area contributed by atoms with Gasteiger partial charge in [-0.2, -0.15) is 0 Å². The van der Waals surface area contributed by atoms with Crippen molar-refractivity contribution in [2.75, 3.05) is 13.1 Å². The predicted octanol–water partition coefficient (Wildman–Crippen LogP) is 2.07. The molecule has 0 aliphatic carbocycles. The molecule has 5 heteroatoms. The summed E-state index contributed by atoms with van der Waals surface area (Å²) in [6.07, 6.45) is 3.55. The third kappa shape index (κ3) is 6.81. The van der Waals surface area contributed by atoms with Crippen LogP contribution >= 0.6 is 0 Å². The number of hydrogen-bond acceptors (Lipinski definition) is 2. The Morgan fingerprint density at radius 2 is 1.88 bits per heavy atom. The quantitative estimate of drug-likeness (QED) is 0.686. The molecule has 2 N–H and O–H groups in total. The molecule has 0 aromatic heterocycles. The summed E-state index contributed by atoms with van der Waals surface area (Å²) in [5.41, 5.74) is 0. The highest BCUT2D eigenvalue weighted by Crippen LogP contribution is 2.02. The summed E-state index contributed by atoms with van der Waals surface area (Å²) in [6.45, 7) is 6.24. The van der Waals surface area contributed by atoms with Gasteiger partial charge in [-0.1, -0.05) is 27.2 Å². The second-order valence-electron chi connectivity index (χ2n) is 4.16. The first kappa shape index (κ1) is 15.7. The van der Waals surface area contributed by atoms with Crippen molar-refractivity contribution >= 4 is 12.0 Å². The number of amides is 2. The molecule has 100 valence electrons. The topological polar surface area (TPSA) is 69.6 Å². The number of carbonyl (C=O) groups is 2. The number of aliphatic carboxylic acids is 1. The van der Waals surface area contributed by atoms with Gasteiger partial charge >= 0.3 is 12.0 Å². The summed E-state index contributed by atoms with van der Waals surface area (Å²) < 4.78 is 0. The smallest absolute Gasteiger partial charge is 0.323 e. The van der Waals surface area contributed by atoms with Crippen molar-refractivity contribution in [2.24, 2.45) is 0 Å². The van der Waals surface area contributed by atoms with Gasteiger partial charge in [0.25, 0.3) is 0 Å². The molecule has 0 aliphatic heterocycles. The van der Waals surface area contributed by atoms with Gasteiger partial charge in [-0.05, 0) is 19.3 Å². The molecule has 0 spiro atoms. The maximum absolute atomic E-state index is 11.9. The van der Waals surface area contributed by atoms with E-state index in [0.29, 0.717) is 6.54 Å². The van der Waals surface area contributed by atoms with Crippen LogP contribution in [0.15, 0.2) is 0 Å². The summed E-state index contributed by atoms with van der Waals surface area (Å²) in [4.78, 5) is 23.9. The molecule has 17 heavy (non-hydrogen) atoms. The van der Waals surface area contributed by atoms with Crippen molar-refractivity contribution in [3.63, 3.8) is 0 Å². The number of carbonyl (C=O) groups excluding carboxylic acids is 1. The lowest BCUT2D eigenvalue weighted by molar-refractivity contribution is -0.137. The molecule has 0 rings (SSSR count). The van der Waals surface area contributed by atoms with Crippen molar-refractivity contribution < 1.29 is 14.7 Å². The number of hydrogen-bond donors (Lipinski definition) is 2. The van der Waals surface area contributed by atoms with Crippen LogP contribution in [-0.4, -0.2) is 41.1 Å². The van der Waals surface area contributed by atoms with E-state index < -0.39 is 5.97 Å². The van der Waals surface area contributed by atoms with Gasteiger partial charge in [0.2, 0.25) is 0 Å². The van der Waals surface area contributed by atoms with E-state index in [-0.39, 0.29) is 18.6 Å². The lowest BCUT2D eigenvalue weighted by Gasteiger charge is -2.24. The van der Waals surface area contributed by atoms with Crippen molar-refractivity contribution in [3.8, 4) is 0 Å². The summed E-state index contributed by atoms with van der Waals surface area (Å²) in [6, 6.07) is -0.129. The van der Waals surface area contributed by atoms with Crippen LogP contribution in [0.3, 0.4) is 0 Å². The molecule has 0 bridgehead atoms. The van der Waals surface area contributed by atoms with Gasteiger partial charge in [0.05, 0.1) is 0 Å². The maximum Gasteiger partial charge on any atom is 0.323 e. The Labute approximate surface area is 103 Å². The van der Waals surface area contributed by atoms with Gasteiger partial charge in [0.1, 0.15) is 6.54 Å². The van der Waals surface area contributed by atoms with Crippen LogP contribution in [0.4, 0.5) is 4.79 Å². The Kier molecular flexibility index (Phi) is 8.19. The van der Waals surface area contributed by atoms with Crippen molar-refractivity contribution in [1.29, 1.82) is 0 Å². The van der Waals surface area contributed by atoms with Gasteiger partial charge < -0.3 is 15.3 Å². The minimum Gasteiger partial charge on any atom is -0.480 e. The van der Waals surface area contributed by atoms with E-state index in [2.05, 4.69) is 12.2 Å². The van der Waals surface area contributed by atoms with Crippen LogP contribution in [0, 0.1) is 0 Å². The lowest BCUT2D eigenvalue weighted by atomic mass is 10.1. The predicted molar refractivity (Wildman–Crippen MR) is 67.0 cm³/mol. The number of carboxylic acid groups (broad SMARTS) is 1. The summed E-state index contributed by atoms with van der Waals surface area (Å²) >= 11 is 0. The van der Waals surface area contributed by atoms with E-state index in [1.54, 1.807) is 0 Å². The number of carboxylic acids is 1. The van der Waals surface area contributed by atoms with Gasteiger partial charge in [0, 0.05) is 12.6 Å². The number of nitrogens with one attached hydrogen (secondary N) is 1. The highest BCUT2D eigenvalue weighted by atomic mass is 16.4. The van der Waals surface area contributed by atoms with Crippen LogP contribution in [0.25, 0.3) is 0 Å². The normalized spacial score (nSPS) is 11.9. The van der Waals surface area contributed by atoms with Crippen LogP contribution in [0.5, 0.6) is 0 Å². The fourth-order valence-electron chi connectivity index (χ4n) is 1.68. The van der Waals surface area contributed by atoms with Gasteiger partial charge in [-0.25, -0.2) is 4.79 Å². The van der Waals surface area contributed by atoms with E-state index in [4.69, 9.17) is 5.11 Å². The average molecular weight is 244 g/mol. The second kappa shape index (κ2) is 8.84. The van der Waals surface area contributed by atoms with Crippen LogP contribution in [0.2, 0.25) is 0 Å². The van der Waals surface area contributed by atoms with Crippen molar-refractivity contribution in [3.05, 3.63) is 0 Å². The zero-order chi connectivity index (χ0) is 13.3. The zero-order valence-corrected chi connectivity index (χ0v) is 11.0. The SMILES string of the molecule is CCCC(CC)NC(=O)N(CCC)CC(=O)O. The Morgan fingerprint density at radius 1 is 1.24 bits per heavy atom. The molecule has 1 unspecified atom stereocenters. The monoisotopic (exact) mass is 244 g/mol. The summed E-state index contributed by atoms with van der Waals surface area (Å²) in [5.74, 6) is -0.975. The van der Waals surface area contributed by atoms with E-state index >= 15 is 0 Å². The van der Waals surface area contributed by atoms with Crippen molar-refractivity contribution in [1.82, 2.24) is 10.2 Å². The fourth-order valence-corrected chi connectivity index (χ4v) is 1.68. The Balaban J connectivity index is 4.33. The number of rotatable bonds is 8. The number of urea groups is 1. The lowest BCUT2D eigenvalue weighted by Crippen LogP contribution is -2.46. The molecule has 0 aromatic carbocycles. The molecule has 0 aromatic rings. The van der Waals surface area contributed by atoms with Crippen LogP contribution < -0.4 is 5.32 Å². The third-order valence-corrected chi connectivity index (χ3v) is 2.56. The fraction of sp³-hybridized carbons (Fsp3) is 0.833. The minimum atomic E-state index is -0.975. The first-order valence-electron chi connectivity index (χ1n) is 6.32. The molecule has 0 fully saturated rings. The minimum absolute atomic E-state index is 0.139. The highest BCUT2D eigenvalue weighted by molar-refractivity contribution is 5.80. The maximum atomic E-state index is 11.9. The molecule has 0 saturated heterocycles. The van der Waals surface area contributed by atoms with E-state index in [0.717, 1.165) is 25.7 Å². The number of nitrogens with zero attached hydrogens (tertiary/aromatic N) is 1. The summed E-state index contributed by atoms with van der Waals surface area (Å²) in [7, 11) is 0. The molecular weight excluding hydrogens is 220 g/mol. The van der Waals surface area contributed by atoms with E-state index in [1.165, 1.54) is 4.90 Å². The molecule has 2 amide bonds. The van der Waals surface area contributed by atoms with Crippen molar-refractivity contribution in [2.45, 2.75) is 52.5 Å². The molecule has 5 nitrogen and oxygen atoms in total. The largest absolute Gasteiger partial charge is 0.480 e. The van der Waals surface area contributed by atoms with Crippen LogP contribution in [0.1, 0.15) is 46.5 Å². The molecule has 0 saturated carbocycles. The molecular formula is C12H24N2O3. The van der Waals surface area contributed by atoms with E-state index in [1.807, 2.05) is 13.8 Å². The van der Waals surface area contributed by atoms with Crippen LogP contribution in [-0.2, 0) is 4.79 Å².